The highest BCUT2D eigenvalue weighted by molar-refractivity contribution is 7.99. The number of unbranched alkanes of at least 4 members (excludes halogenated alkanes) is 3. The predicted octanol–water partition coefficient (Wildman–Crippen LogP) is 6.82. The number of aryl methyl sites for hydroxylation is 1. The molecule has 34 heavy (non-hydrogen) atoms. The van der Waals surface area contributed by atoms with E-state index in [0.29, 0.717) is 0 Å². The summed E-state index contributed by atoms with van der Waals surface area (Å²) in [5, 5.41) is 0. The molecule has 0 radical (unpaired) electrons. The number of anilines is 2. The van der Waals surface area contributed by atoms with Crippen molar-refractivity contribution in [1.29, 1.82) is 0 Å². The molecule has 0 fully saturated rings. The third kappa shape index (κ3) is 7.09. The number of ether oxygens (including phenoxy) is 1. The van der Waals surface area contributed by atoms with Gasteiger partial charge in [0.05, 0.1) is 23.5 Å². The Kier molecular flexibility index (Phi) is 9.15. The minimum atomic E-state index is -4.73. The van der Waals surface area contributed by atoms with Crippen molar-refractivity contribution in [3.63, 3.8) is 0 Å². The molecular weight excluding hydrogens is 470 g/mol. The number of carbonyl (C=O) groups is 1. The maximum absolute atomic E-state index is 13.1. The number of hydrogen-bond donors (Lipinski definition) is 1. The van der Waals surface area contributed by atoms with Gasteiger partial charge in [-0.15, -0.1) is 0 Å². The lowest BCUT2D eigenvalue weighted by molar-refractivity contribution is 0.0498. The molecule has 1 N–H and O–H groups in total. The Balaban J connectivity index is 2.01. The van der Waals surface area contributed by atoms with Crippen LogP contribution in [0.15, 0.2) is 82.6 Å². The molecule has 3 rings (SSSR count). The molecule has 0 aliphatic carbocycles. The van der Waals surface area contributed by atoms with Crippen molar-refractivity contribution in [2.75, 3.05) is 10.9 Å². The second kappa shape index (κ2) is 12.1. The summed E-state index contributed by atoms with van der Waals surface area (Å²) in [6.07, 6.45) is 3.79. The van der Waals surface area contributed by atoms with E-state index in [4.69, 9.17) is 4.74 Å². The molecule has 0 bridgehead atoms. The van der Waals surface area contributed by atoms with Crippen LogP contribution >= 0.6 is 11.8 Å². The Labute approximate surface area is 205 Å². The largest absolute Gasteiger partial charge is 0.462 e. The molecule has 0 atom stereocenters. The number of esters is 1. The van der Waals surface area contributed by atoms with E-state index < -0.39 is 16.3 Å². The summed E-state index contributed by atoms with van der Waals surface area (Å²) in [5.74, 6) is -0.636. The van der Waals surface area contributed by atoms with Crippen LogP contribution in [0.4, 0.5) is 11.4 Å². The molecule has 0 unspecified atom stereocenters. The Morgan fingerprint density at radius 1 is 0.941 bits per heavy atom. The first-order valence-corrected chi connectivity index (χ1v) is 13.4. The van der Waals surface area contributed by atoms with Crippen molar-refractivity contribution >= 4 is 39.4 Å². The van der Waals surface area contributed by atoms with E-state index in [1.165, 1.54) is 17.8 Å². The smallest absolute Gasteiger partial charge is 0.364 e. The van der Waals surface area contributed by atoms with E-state index in [1.807, 2.05) is 37.3 Å². The SMILES string of the molecule is CCCCCCOC(=O)c1cc(Sc2ccccc2)ccc1N(c1ccc(C)cc1)S(=O)(=O)O. The lowest BCUT2D eigenvalue weighted by Crippen LogP contribution is -2.27. The van der Waals surface area contributed by atoms with Gasteiger partial charge in [-0.05, 0) is 55.8 Å². The Morgan fingerprint density at radius 2 is 1.65 bits per heavy atom. The van der Waals surface area contributed by atoms with Crippen molar-refractivity contribution in [1.82, 2.24) is 0 Å². The van der Waals surface area contributed by atoms with Crippen LogP contribution in [0.25, 0.3) is 0 Å². The van der Waals surface area contributed by atoms with E-state index in [1.54, 1.807) is 36.4 Å². The summed E-state index contributed by atoms with van der Waals surface area (Å²) in [6, 6.07) is 21.1. The summed E-state index contributed by atoms with van der Waals surface area (Å²) >= 11 is 1.44. The van der Waals surface area contributed by atoms with Gasteiger partial charge in [-0.25, -0.2) is 9.10 Å². The molecule has 0 amide bonds. The van der Waals surface area contributed by atoms with Crippen LogP contribution < -0.4 is 4.31 Å². The van der Waals surface area contributed by atoms with Gasteiger partial charge in [0, 0.05) is 9.79 Å². The van der Waals surface area contributed by atoms with Crippen LogP contribution in [-0.2, 0) is 15.0 Å². The van der Waals surface area contributed by atoms with E-state index in [0.717, 1.165) is 45.3 Å². The Hall–Kier alpha value is -2.81. The molecule has 0 aliphatic rings. The van der Waals surface area contributed by atoms with Gasteiger partial charge in [0.2, 0.25) is 0 Å². The molecule has 0 aromatic heterocycles. The summed E-state index contributed by atoms with van der Waals surface area (Å²) < 4.78 is 41.2. The van der Waals surface area contributed by atoms with Crippen molar-refractivity contribution < 1.29 is 22.5 Å². The highest BCUT2D eigenvalue weighted by Crippen LogP contribution is 2.36. The molecule has 0 spiro atoms. The minimum absolute atomic E-state index is 0.0299. The Bertz CT molecular complexity index is 1200. The fraction of sp³-hybridized carbons (Fsp3) is 0.269. The van der Waals surface area contributed by atoms with Gasteiger partial charge < -0.3 is 4.74 Å². The number of hydrogen-bond acceptors (Lipinski definition) is 5. The lowest BCUT2D eigenvalue weighted by Gasteiger charge is -2.24. The first-order chi connectivity index (χ1) is 16.3. The monoisotopic (exact) mass is 499 g/mol. The molecule has 0 aliphatic heterocycles. The maximum atomic E-state index is 13.1. The highest BCUT2D eigenvalue weighted by Gasteiger charge is 2.28. The summed E-state index contributed by atoms with van der Waals surface area (Å²) in [7, 11) is -4.73. The summed E-state index contributed by atoms with van der Waals surface area (Å²) in [6.45, 7) is 4.21. The standard InChI is InChI=1S/C26H29NO5S2/c1-3-4-5-9-18-32-26(28)24-19-23(33-22-10-7-6-8-11-22)16-17-25(24)27(34(29,30)31)21-14-12-20(2)13-15-21/h6-8,10-17,19H,3-5,9,18H2,1-2H3,(H,29,30,31). The second-order valence-electron chi connectivity index (χ2n) is 7.87. The van der Waals surface area contributed by atoms with Crippen molar-refractivity contribution in [3.05, 3.63) is 83.9 Å². The van der Waals surface area contributed by atoms with Gasteiger partial charge in [0.15, 0.2) is 0 Å². The molecule has 0 saturated heterocycles. The van der Waals surface area contributed by atoms with Gasteiger partial charge in [-0.1, -0.05) is 73.8 Å². The lowest BCUT2D eigenvalue weighted by atomic mass is 10.1. The molecular formula is C26H29NO5S2. The molecule has 3 aromatic rings. The average molecular weight is 500 g/mol. The van der Waals surface area contributed by atoms with Gasteiger partial charge >= 0.3 is 16.3 Å². The molecule has 3 aromatic carbocycles. The van der Waals surface area contributed by atoms with Gasteiger partial charge in [0.1, 0.15) is 0 Å². The highest BCUT2D eigenvalue weighted by atomic mass is 32.2. The zero-order valence-corrected chi connectivity index (χ0v) is 20.9. The van der Waals surface area contributed by atoms with Crippen LogP contribution in [0.1, 0.15) is 48.5 Å². The van der Waals surface area contributed by atoms with Crippen LogP contribution in [0, 0.1) is 6.92 Å². The number of carbonyl (C=O) groups excluding carboxylic acids is 1. The number of nitrogens with zero attached hydrogens (tertiary/aromatic N) is 1. The van der Waals surface area contributed by atoms with Crippen molar-refractivity contribution in [3.8, 4) is 0 Å². The quantitative estimate of drug-likeness (QED) is 0.177. The van der Waals surface area contributed by atoms with Crippen LogP contribution in [-0.4, -0.2) is 25.5 Å². The van der Waals surface area contributed by atoms with Crippen LogP contribution in [0.2, 0.25) is 0 Å². The summed E-state index contributed by atoms with van der Waals surface area (Å²) in [4.78, 5) is 14.8. The van der Waals surface area contributed by atoms with E-state index >= 15 is 0 Å². The van der Waals surface area contributed by atoms with Gasteiger partial charge in [-0.3, -0.25) is 4.55 Å². The zero-order chi connectivity index (χ0) is 24.6. The molecule has 6 nitrogen and oxygen atoms in total. The predicted molar refractivity (Wildman–Crippen MR) is 136 cm³/mol. The molecule has 0 saturated carbocycles. The van der Waals surface area contributed by atoms with Gasteiger partial charge in [-0.2, -0.15) is 8.42 Å². The topological polar surface area (TPSA) is 83.9 Å². The second-order valence-corrected chi connectivity index (χ2v) is 10.3. The molecule has 8 heteroatoms. The third-order valence-corrected chi connectivity index (χ3v) is 6.98. The van der Waals surface area contributed by atoms with Crippen molar-refractivity contribution in [2.24, 2.45) is 0 Å². The minimum Gasteiger partial charge on any atom is -0.462 e. The first kappa shape index (κ1) is 25.8. The van der Waals surface area contributed by atoms with Crippen LogP contribution in [0.3, 0.4) is 0 Å². The normalized spacial score (nSPS) is 11.3. The Morgan fingerprint density at radius 3 is 2.29 bits per heavy atom. The first-order valence-electron chi connectivity index (χ1n) is 11.2. The maximum Gasteiger partial charge on any atom is 0.364 e. The summed E-state index contributed by atoms with van der Waals surface area (Å²) in [5.41, 5.74) is 1.24. The van der Waals surface area contributed by atoms with E-state index in [-0.39, 0.29) is 23.5 Å². The fourth-order valence-corrected chi connectivity index (χ4v) is 5.07. The van der Waals surface area contributed by atoms with Crippen molar-refractivity contribution in [2.45, 2.75) is 49.3 Å². The number of rotatable bonds is 11. The third-order valence-electron chi connectivity index (χ3n) is 5.12. The molecule has 0 heterocycles. The number of benzene rings is 3. The zero-order valence-electron chi connectivity index (χ0n) is 19.3. The fourth-order valence-electron chi connectivity index (χ4n) is 3.39. The van der Waals surface area contributed by atoms with E-state index in [9.17, 15) is 17.8 Å². The average Bonchev–Trinajstić information content (AvgIpc) is 2.81. The van der Waals surface area contributed by atoms with Crippen LogP contribution in [0.5, 0.6) is 0 Å². The van der Waals surface area contributed by atoms with E-state index in [2.05, 4.69) is 6.92 Å². The van der Waals surface area contributed by atoms with Gasteiger partial charge in [0.25, 0.3) is 0 Å². The molecule has 180 valence electrons.